The van der Waals surface area contributed by atoms with E-state index < -0.39 is 0 Å². The first kappa shape index (κ1) is 20.2. The number of carbonyl (C=O) groups excluding carboxylic acids is 1. The summed E-state index contributed by atoms with van der Waals surface area (Å²) < 4.78 is 13.6. The lowest BCUT2D eigenvalue weighted by molar-refractivity contribution is -0.120. The van der Waals surface area contributed by atoms with Crippen LogP contribution in [0.4, 0.5) is 21.8 Å². The Kier molecular flexibility index (Phi) is 6.67. The summed E-state index contributed by atoms with van der Waals surface area (Å²) in [6, 6.07) is 11.9. The number of carbonyl (C=O) groups is 1. The molecule has 1 aromatic carbocycles. The Hall–Kier alpha value is -3.55. The Labute approximate surface area is 168 Å². The van der Waals surface area contributed by atoms with Crippen LogP contribution in [0.1, 0.15) is 17.0 Å². The van der Waals surface area contributed by atoms with Gasteiger partial charge in [0.1, 0.15) is 29.1 Å². The van der Waals surface area contributed by atoms with Crippen molar-refractivity contribution in [3.05, 3.63) is 71.4 Å². The van der Waals surface area contributed by atoms with Crippen LogP contribution < -0.4 is 16.0 Å². The summed E-state index contributed by atoms with van der Waals surface area (Å²) >= 11 is 0. The molecule has 3 N–H and O–H groups in total. The quantitative estimate of drug-likeness (QED) is 0.509. The summed E-state index contributed by atoms with van der Waals surface area (Å²) in [4.78, 5) is 24.9. The number of nitrogens with zero attached hydrogens (tertiary/aromatic N) is 3. The Morgan fingerprint density at radius 2 is 1.79 bits per heavy atom. The van der Waals surface area contributed by atoms with Crippen molar-refractivity contribution in [1.29, 1.82) is 0 Å². The third-order valence-electron chi connectivity index (χ3n) is 4.07. The molecular weight excluding hydrogens is 371 g/mol. The number of halogens is 1. The van der Waals surface area contributed by atoms with Crippen molar-refractivity contribution in [2.45, 2.75) is 20.3 Å². The standard InChI is InChI=1S/C21H23FN6O/c1-14-7-8-23-18(11-14)28-20-13-19(26-15(2)27-20)24-9-10-25-21(29)12-16-5-3-4-6-17(16)22/h3-8,11,13H,9-10,12H2,1-2H3,(H,25,29)(H2,23,24,26,27,28). The number of rotatable bonds is 8. The summed E-state index contributed by atoms with van der Waals surface area (Å²) in [6.45, 7) is 4.65. The summed E-state index contributed by atoms with van der Waals surface area (Å²) in [5.41, 5.74) is 1.47. The van der Waals surface area contributed by atoms with Gasteiger partial charge < -0.3 is 16.0 Å². The number of hydrogen-bond donors (Lipinski definition) is 3. The third kappa shape index (κ3) is 6.24. The fraction of sp³-hybridized carbons (Fsp3) is 0.238. The minimum absolute atomic E-state index is 0.0108. The molecule has 0 saturated carbocycles. The molecule has 8 heteroatoms. The lowest BCUT2D eigenvalue weighted by Gasteiger charge is -2.11. The van der Waals surface area contributed by atoms with Gasteiger partial charge in [-0.3, -0.25) is 4.79 Å². The number of aryl methyl sites for hydroxylation is 2. The number of benzene rings is 1. The molecule has 7 nitrogen and oxygen atoms in total. The predicted molar refractivity (Wildman–Crippen MR) is 111 cm³/mol. The minimum Gasteiger partial charge on any atom is -0.368 e. The van der Waals surface area contributed by atoms with Gasteiger partial charge in [-0.25, -0.2) is 19.3 Å². The largest absolute Gasteiger partial charge is 0.368 e. The molecule has 3 aromatic rings. The van der Waals surface area contributed by atoms with Crippen molar-refractivity contribution in [1.82, 2.24) is 20.3 Å². The fourth-order valence-corrected chi connectivity index (χ4v) is 2.73. The first-order chi connectivity index (χ1) is 14.0. The molecule has 0 aliphatic carbocycles. The summed E-state index contributed by atoms with van der Waals surface area (Å²) in [7, 11) is 0. The first-order valence-electron chi connectivity index (χ1n) is 9.29. The number of nitrogens with one attached hydrogen (secondary N) is 3. The molecule has 0 saturated heterocycles. The van der Waals surface area contributed by atoms with Crippen LogP contribution in [0.15, 0.2) is 48.7 Å². The summed E-state index contributed by atoms with van der Waals surface area (Å²) in [5.74, 6) is 1.96. The number of pyridine rings is 1. The lowest BCUT2D eigenvalue weighted by Crippen LogP contribution is -2.30. The molecule has 0 atom stereocenters. The highest BCUT2D eigenvalue weighted by Gasteiger charge is 2.07. The topological polar surface area (TPSA) is 91.8 Å². The van der Waals surface area contributed by atoms with E-state index in [1.165, 1.54) is 6.07 Å². The lowest BCUT2D eigenvalue weighted by atomic mass is 10.1. The molecule has 0 fully saturated rings. The van der Waals surface area contributed by atoms with Gasteiger partial charge in [0.05, 0.1) is 6.42 Å². The van der Waals surface area contributed by atoms with Gasteiger partial charge in [-0.05, 0) is 43.2 Å². The smallest absolute Gasteiger partial charge is 0.224 e. The maximum absolute atomic E-state index is 13.6. The monoisotopic (exact) mass is 394 g/mol. The van der Waals surface area contributed by atoms with Crippen molar-refractivity contribution in [2.24, 2.45) is 0 Å². The number of aromatic nitrogens is 3. The van der Waals surface area contributed by atoms with E-state index in [1.54, 1.807) is 37.4 Å². The van der Waals surface area contributed by atoms with Gasteiger partial charge in [-0.15, -0.1) is 0 Å². The van der Waals surface area contributed by atoms with E-state index in [9.17, 15) is 9.18 Å². The molecule has 2 heterocycles. The zero-order valence-electron chi connectivity index (χ0n) is 16.4. The van der Waals surface area contributed by atoms with E-state index in [1.807, 2.05) is 19.1 Å². The Bertz CT molecular complexity index is 994. The maximum atomic E-state index is 13.6. The predicted octanol–water partition coefficient (Wildman–Crippen LogP) is 3.14. The Morgan fingerprint density at radius 1 is 1.00 bits per heavy atom. The van der Waals surface area contributed by atoms with Crippen LogP contribution in [0.2, 0.25) is 0 Å². The highest BCUT2D eigenvalue weighted by Crippen LogP contribution is 2.16. The first-order valence-corrected chi connectivity index (χ1v) is 9.29. The van der Waals surface area contributed by atoms with E-state index in [0.29, 0.717) is 41.9 Å². The van der Waals surface area contributed by atoms with Crippen LogP contribution in [0.5, 0.6) is 0 Å². The zero-order chi connectivity index (χ0) is 20.6. The molecule has 0 spiro atoms. The van der Waals surface area contributed by atoms with Crippen LogP contribution in [0.3, 0.4) is 0 Å². The maximum Gasteiger partial charge on any atom is 0.224 e. The molecule has 29 heavy (non-hydrogen) atoms. The zero-order valence-corrected chi connectivity index (χ0v) is 16.4. The minimum atomic E-state index is -0.375. The molecule has 0 aliphatic heterocycles. The molecule has 0 unspecified atom stereocenters. The Morgan fingerprint density at radius 3 is 2.59 bits per heavy atom. The third-order valence-corrected chi connectivity index (χ3v) is 4.07. The number of amides is 1. The molecular formula is C21H23FN6O. The van der Waals surface area contributed by atoms with Gasteiger partial charge in [0.15, 0.2) is 0 Å². The number of hydrogen-bond acceptors (Lipinski definition) is 6. The summed E-state index contributed by atoms with van der Waals surface area (Å²) in [5, 5.41) is 9.08. The van der Waals surface area contributed by atoms with Crippen LogP contribution >= 0.6 is 0 Å². The second-order valence-electron chi connectivity index (χ2n) is 6.57. The second-order valence-corrected chi connectivity index (χ2v) is 6.57. The van der Waals surface area contributed by atoms with E-state index in [0.717, 1.165) is 5.56 Å². The molecule has 2 aromatic heterocycles. The molecule has 0 bridgehead atoms. The second kappa shape index (κ2) is 9.59. The van der Waals surface area contributed by atoms with Crippen LogP contribution in [0.25, 0.3) is 0 Å². The molecule has 150 valence electrons. The van der Waals surface area contributed by atoms with E-state index in [-0.39, 0.29) is 18.1 Å². The van der Waals surface area contributed by atoms with Crippen LogP contribution in [0, 0.1) is 19.7 Å². The van der Waals surface area contributed by atoms with Crippen LogP contribution in [-0.2, 0) is 11.2 Å². The van der Waals surface area contributed by atoms with Crippen LogP contribution in [-0.4, -0.2) is 33.9 Å². The van der Waals surface area contributed by atoms with E-state index in [2.05, 4.69) is 30.9 Å². The molecule has 1 amide bonds. The van der Waals surface area contributed by atoms with Gasteiger partial charge in [-0.2, -0.15) is 0 Å². The normalized spacial score (nSPS) is 10.4. The van der Waals surface area contributed by atoms with Gasteiger partial charge in [0.25, 0.3) is 0 Å². The molecule has 3 rings (SSSR count). The van der Waals surface area contributed by atoms with E-state index >= 15 is 0 Å². The number of anilines is 3. The van der Waals surface area contributed by atoms with E-state index in [4.69, 9.17) is 0 Å². The fourth-order valence-electron chi connectivity index (χ4n) is 2.73. The van der Waals surface area contributed by atoms with Gasteiger partial charge in [0, 0.05) is 25.4 Å². The van der Waals surface area contributed by atoms with Crippen molar-refractivity contribution < 1.29 is 9.18 Å². The molecule has 0 aliphatic rings. The van der Waals surface area contributed by atoms with Gasteiger partial charge in [-0.1, -0.05) is 18.2 Å². The van der Waals surface area contributed by atoms with Crippen molar-refractivity contribution in [3.63, 3.8) is 0 Å². The highest BCUT2D eigenvalue weighted by molar-refractivity contribution is 5.78. The van der Waals surface area contributed by atoms with Gasteiger partial charge in [0.2, 0.25) is 5.91 Å². The van der Waals surface area contributed by atoms with Crippen molar-refractivity contribution in [2.75, 3.05) is 23.7 Å². The molecule has 0 radical (unpaired) electrons. The average molecular weight is 394 g/mol. The summed E-state index contributed by atoms with van der Waals surface area (Å²) in [6.07, 6.45) is 1.74. The SMILES string of the molecule is Cc1ccnc(Nc2cc(NCCNC(=O)Cc3ccccc3F)nc(C)n2)c1. The van der Waals surface area contributed by atoms with Crippen molar-refractivity contribution in [3.8, 4) is 0 Å². The average Bonchev–Trinajstić information content (AvgIpc) is 2.67. The van der Waals surface area contributed by atoms with Crippen molar-refractivity contribution >= 4 is 23.4 Å². The Balaban J connectivity index is 1.49. The highest BCUT2D eigenvalue weighted by atomic mass is 19.1. The van der Waals surface area contributed by atoms with Gasteiger partial charge >= 0.3 is 0 Å².